The van der Waals surface area contributed by atoms with Crippen molar-refractivity contribution in [2.45, 2.75) is 18.9 Å². The van der Waals surface area contributed by atoms with Gasteiger partial charge in [0, 0.05) is 24.3 Å². The van der Waals surface area contributed by atoms with Gasteiger partial charge >= 0.3 is 0 Å². The molecule has 17 heavy (non-hydrogen) atoms. The van der Waals surface area contributed by atoms with Gasteiger partial charge in [-0.05, 0) is 36.1 Å². The van der Waals surface area contributed by atoms with Crippen LogP contribution in [0.25, 0.3) is 0 Å². The van der Waals surface area contributed by atoms with Gasteiger partial charge in [0.25, 0.3) is 0 Å². The van der Waals surface area contributed by atoms with E-state index in [1.807, 2.05) is 43.7 Å². The van der Waals surface area contributed by atoms with Crippen molar-refractivity contribution in [3.05, 3.63) is 52.8 Å². The molecule has 0 fully saturated rings. The van der Waals surface area contributed by atoms with Crippen molar-refractivity contribution in [3.8, 4) is 0 Å². The van der Waals surface area contributed by atoms with Crippen molar-refractivity contribution in [1.82, 2.24) is 9.78 Å². The Kier molecular flexibility index (Phi) is 3.82. The average Bonchev–Trinajstić information content (AvgIpc) is 2.67. The van der Waals surface area contributed by atoms with Crippen LogP contribution in [0.3, 0.4) is 0 Å². The Morgan fingerprint density at radius 3 is 2.47 bits per heavy atom. The van der Waals surface area contributed by atoms with E-state index in [1.54, 1.807) is 4.68 Å². The number of hydrogen-bond donors (Lipinski definition) is 1. The van der Waals surface area contributed by atoms with E-state index in [0.717, 1.165) is 17.9 Å². The highest BCUT2D eigenvalue weighted by Crippen LogP contribution is 2.12. The lowest BCUT2D eigenvalue weighted by atomic mass is 10.0. The Labute approximate surface area is 106 Å². The molecule has 1 aromatic carbocycles. The van der Waals surface area contributed by atoms with Crippen LogP contribution in [0.15, 0.2) is 36.7 Å². The maximum atomic E-state index is 6.12. The van der Waals surface area contributed by atoms with Crippen LogP contribution in [0.2, 0.25) is 5.02 Å². The Morgan fingerprint density at radius 1 is 1.24 bits per heavy atom. The molecule has 0 bridgehead atoms. The minimum absolute atomic E-state index is 0.111. The summed E-state index contributed by atoms with van der Waals surface area (Å²) in [4.78, 5) is 0. The number of nitrogens with two attached hydrogens (primary N) is 1. The van der Waals surface area contributed by atoms with Gasteiger partial charge in [0.2, 0.25) is 0 Å². The van der Waals surface area contributed by atoms with E-state index in [1.165, 1.54) is 11.1 Å². The number of hydrogen-bond acceptors (Lipinski definition) is 2. The van der Waals surface area contributed by atoms with Gasteiger partial charge in [0.05, 0.1) is 6.20 Å². The Balaban J connectivity index is 1.93. The summed E-state index contributed by atoms with van der Waals surface area (Å²) in [6.45, 7) is 0. The van der Waals surface area contributed by atoms with E-state index in [9.17, 15) is 0 Å². The third-order valence-electron chi connectivity index (χ3n) is 2.67. The number of aromatic nitrogens is 2. The molecule has 2 aromatic rings. The zero-order valence-electron chi connectivity index (χ0n) is 9.81. The molecule has 2 N–H and O–H groups in total. The van der Waals surface area contributed by atoms with E-state index >= 15 is 0 Å². The maximum absolute atomic E-state index is 6.12. The minimum atomic E-state index is 0.111. The second-order valence-corrected chi connectivity index (χ2v) is 4.75. The van der Waals surface area contributed by atoms with Gasteiger partial charge in [-0.2, -0.15) is 5.10 Å². The second-order valence-electron chi connectivity index (χ2n) is 4.32. The van der Waals surface area contributed by atoms with Crippen LogP contribution in [0.4, 0.5) is 0 Å². The largest absolute Gasteiger partial charge is 0.327 e. The molecule has 0 saturated heterocycles. The molecule has 0 aliphatic carbocycles. The fraction of sp³-hybridized carbons (Fsp3) is 0.308. The fourth-order valence-electron chi connectivity index (χ4n) is 1.88. The van der Waals surface area contributed by atoms with Crippen LogP contribution in [-0.4, -0.2) is 15.8 Å². The van der Waals surface area contributed by atoms with Crippen molar-refractivity contribution in [1.29, 1.82) is 0 Å². The number of rotatable bonds is 4. The zero-order chi connectivity index (χ0) is 12.3. The molecule has 0 radical (unpaired) electrons. The van der Waals surface area contributed by atoms with Gasteiger partial charge in [-0.1, -0.05) is 23.7 Å². The molecule has 0 amide bonds. The third kappa shape index (κ3) is 3.58. The Morgan fingerprint density at radius 2 is 1.88 bits per heavy atom. The van der Waals surface area contributed by atoms with Crippen LogP contribution in [-0.2, 0) is 19.9 Å². The van der Waals surface area contributed by atoms with Crippen molar-refractivity contribution in [2.75, 3.05) is 0 Å². The van der Waals surface area contributed by atoms with Crippen LogP contribution in [0, 0.1) is 0 Å². The van der Waals surface area contributed by atoms with E-state index < -0.39 is 0 Å². The highest BCUT2D eigenvalue weighted by atomic mass is 35.5. The first kappa shape index (κ1) is 12.1. The molecule has 0 saturated carbocycles. The summed E-state index contributed by atoms with van der Waals surface area (Å²) < 4.78 is 1.80. The van der Waals surface area contributed by atoms with Gasteiger partial charge in [-0.25, -0.2) is 0 Å². The zero-order valence-corrected chi connectivity index (χ0v) is 10.6. The number of halogens is 1. The van der Waals surface area contributed by atoms with Gasteiger partial charge in [-0.3, -0.25) is 4.68 Å². The van der Waals surface area contributed by atoms with Crippen molar-refractivity contribution in [2.24, 2.45) is 12.8 Å². The second kappa shape index (κ2) is 5.34. The summed E-state index contributed by atoms with van der Waals surface area (Å²) in [6.07, 6.45) is 5.56. The monoisotopic (exact) mass is 249 g/mol. The first-order chi connectivity index (χ1) is 8.13. The molecule has 0 aliphatic heterocycles. The molecule has 90 valence electrons. The lowest BCUT2D eigenvalue weighted by molar-refractivity contribution is 0.664. The Hall–Kier alpha value is -1.32. The summed E-state index contributed by atoms with van der Waals surface area (Å²) in [6, 6.07) is 7.94. The molecule has 2 rings (SSSR count). The number of benzene rings is 1. The normalized spacial score (nSPS) is 12.6. The summed E-state index contributed by atoms with van der Waals surface area (Å²) in [5.74, 6) is 0. The molecule has 1 heterocycles. The standard InChI is InChI=1S/C13H16ClN3/c1-17-9-11(8-16-17)7-13(15)6-10-2-4-12(14)5-3-10/h2-5,8-9,13H,6-7,15H2,1H3. The minimum Gasteiger partial charge on any atom is -0.327 e. The van der Waals surface area contributed by atoms with Gasteiger partial charge < -0.3 is 5.73 Å². The first-order valence-electron chi connectivity index (χ1n) is 5.61. The molecule has 4 heteroatoms. The predicted octanol–water partition coefficient (Wildman–Crippen LogP) is 2.19. The summed E-state index contributed by atoms with van der Waals surface area (Å²) in [5, 5.41) is 4.89. The van der Waals surface area contributed by atoms with E-state index in [4.69, 9.17) is 17.3 Å². The number of nitrogens with zero attached hydrogens (tertiary/aromatic N) is 2. The molecular formula is C13H16ClN3. The Bertz CT molecular complexity index is 476. The molecule has 0 aliphatic rings. The van der Waals surface area contributed by atoms with Gasteiger partial charge in [0.15, 0.2) is 0 Å². The van der Waals surface area contributed by atoms with Crippen LogP contribution in [0.5, 0.6) is 0 Å². The van der Waals surface area contributed by atoms with Crippen molar-refractivity contribution in [3.63, 3.8) is 0 Å². The average molecular weight is 250 g/mol. The predicted molar refractivity (Wildman–Crippen MR) is 70.0 cm³/mol. The molecule has 3 nitrogen and oxygen atoms in total. The molecule has 1 aromatic heterocycles. The summed E-state index contributed by atoms with van der Waals surface area (Å²) in [7, 11) is 1.91. The molecule has 1 atom stereocenters. The van der Waals surface area contributed by atoms with Crippen molar-refractivity contribution < 1.29 is 0 Å². The van der Waals surface area contributed by atoms with Crippen molar-refractivity contribution >= 4 is 11.6 Å². The lowest BCUT2D eigenvalue weighted by Crippen LogP contribution is -2.25. The van der Waals surface area contributed by atoms with Gasteiger partial charge in [-0.15, -0.1) is 0 Å². The third-order valence-corrected chi connectivity index (χ3v) is 2.92. The SMILES string of the molecule is Cn1cc(CC(N)Cc2ccc(Cl)cc2)cn1. The maximum Gasteiger partial charge on any atom is 0.0522 e. The number of aryl methyl sites for hydroxylation is 1. The topological polar surface area (TPSA) is 43.8 Å². The highest BCUT2D eigenvalue weighted by Gasteiger charge is 2.06. The van der Waals surface area contributed by atoms with Gasteiger partial charge in [0.1, 0.15) is 0 Å². The fourth-order valence-corrected chi connectivity index (χ4v) is 2.00. The lowest BCUT2D eigenvalue weighted by Gasteiger charge is -2.10. The summed E-state index contributed by atoms with van der Waals surface area (Å²) in [5.41, 5.74) is 8.50. The smallest absolute Gasteiger partial charge is 0.0522 e. The highest BCUT2D eigenvalue weighted by molar-refractivity contribution is 6.30. The van der Waals surface area contributed by atoms with Crippen LogP contribution >= 0.6 is 11.6 Å². The molecular weight excluding hydrogens is 234 g/mol. The van der Waals surface area contributed by atoms with E-state index in [-0.39, 0.29) is 6.04 Å². The summed E-state index contributed by atoms with van der Waals surface area (Å²) >= 11 is 5.84. The quantitative estimate of drug-likeness (QED) is 0.903. The van der Waals surface area contributed by atoms with Crippen LogP contribution < -0.4 is 5.73 Å². The first-order valence-corrected chi connectivity index (χ1v) is 5.99. The van der Waals surface area contributed by atoms with E-state index in [2.05, 4.69) is 5.10 Å². The van der Waals surface area contributed by atoms with Crippen LogP contribution in [0.1, 0.15) is 11.1 Å². The van der Waals surface area contributed by atoms with E-state index in [0.29, 0.717) is 0 Å². The molecule has 1 unspecified atom stereocenters. The molecule has 0 spiro atoms.